The lowest BCUT2D eigenvalue weighted by atomic mass is 10.3. The van der Waals surface area contributed by atoms with E-state index in [0.29, 0.717) is 11.4 Å². The molecule has 1 fully saturated rings. The summed E-state index contributed by atoms with van der Waals surface area (Å²) in [6.07, 6.45) is 2.58. The smallest absolute Gasteiger partial charge is 0.162 e. The maximum atomic E-state index is 5.64. The number of anilines is 1. The highest BCUT2D eigenvalue weighted by molar-refractivity contribution is 5.51. The molecule has 2 N–H and O–H groups in total. The molecular weight excluding hydrogens is 178 g/mol. The summed E-state index contributed by atoms with van der Waals surface area (Å²) < 4.78 is 10.8. The summed E-state index contributed by atoms with van der Waals surface area (Å²) in [6.45, 7) is 0.792. The van der Waals surface area contributed by atoms with Gasteiger partial charge in [0.25, 0.3) is 0 Å². The van der Waals surface area contributed by atoms with Crippen molar-refractivity contribution in [3.8, 4) is 11.5 Å². The Kier molecular flexibility index (Phi) is 2.48. The first-order valence-corrected chi connectivity index (χ1v) is 4.86. The SMILES string of the molecule is COc1cc(N)ccc1OCC1CC1. The molecule has 2 rings (SSSR count). The van der Waals surface area contributed by atoms with E-state index in [-0.39, 0.29) is 0 Å². The van der Waals surface area contributed by atoms with Crippen LogP contribution < -0.4 is 15.2 Å². The van der Waals surface area contributed by atoms with E-state index in [4.69, 9.17) is 15.2 Å². The lowest BCUT2D eigenvalue weighted by Gasteiger charge is -2.10. The molecule has 0 aliphatic heterocycles. The number of methoxy groups -OCH3 is 1. The number of rotatable bonds is 4. The molecule has 14 heavy (non-hydrogen) atoms. The van der Waals surface area contributed by atoms with Gasteiger partial charge in [0.05, 0.1) is 13.7 Å². The van der Waals surface area contributed by atoms with Crippen LogP contribution in [0.25, 0.3) is 0 Å². The van der Waals surface area contributed by atoms with Gasteiger partial charge in [-0.2, -0.15) is 0 Å². The molecule has 0 spiro atoms. The summed E-state index contributed by atoms with van der Waals surface area (Å²) in [7, 11) is 1.62. The van der Waals surface area contributed by atoms with Crippen molar-refractivity contribution in [3.05, 3.63) is 18.2 Å². The first kappa shape index (κ1) is 9.19. The number of hydrogen-bond acceptors (Lipinski definition) is 3. The highest BCUT2D eigenvalue weighted by Gasteiger charge is 2.22. The third-order valence-electron chi connectivity index (χ3n) is 2.36. The molecule has 1 aromatic carbocycles. The van der Waals surface area contributed by atoms with Crippen LogP contribution in [0.2, 0.25) is 0 Å². The average molecular weight is 193 g/mol. The predicted molar refractivity (Wildman–Crippen MR) is 55.6 cm³/mol. The van der Waals surface area contributed by atoms with Crippen molar-refractivity contribution in [2.24, 2.45) is 5.92 Å². The lowest BCUT2D eigenvalue weighted by molar-refractivity contribution is 0.280. The number of ether oxygens (including phenoxy) is 2. The molecular formula is C11H15NO2. The molecule has 3 heteroatoms. The second-order valence-electron chi connectivity index (χ2n) is 3.66. The Morgan fingerprint density at radius 2 is 2.14 bits per heavy atom. The van der Waals surface area contributed by atoms with Crippen molar-refractivity contribution in [2.75, 3.05) is 19.5 Å². The molecule has 0 unspecified atom stereocenters. The standard InChI is InChI=1S/C11H15NO2/c1-13-11-6-9(12)4-5-10(11)14-7-8-2-3-8/h4-6,8H,2-3,7,12H2,1H3. The quantitative estimate of drug-likeness (QED) is 0.744. The topological polar surface area (TPSA) is 44.5 Å². The van der Waals surface area contributed by atoms with Crippen LogP contribution in [0.4, 0.5) is 5.69 Å². The number of nitrogens with two attached hydrogens (primary N) is 1. The van der Waals surface area contributed by atoms with E-state index in [9.17, 15) is 0 Å². The van der Waals surface area contributed by atoms with E-state index in [1.807, 2.05) is 12.1 Å². The van der Waals surface area contributed by atoms with Gasteiger partial charge in [-0.1, -0.05) is 0 Å². The van der Waals surface area contributed by atoms with E-state index in [0.717, 1.165) is 18.3 Å². The minimum absolute atomic E-state index is 0.695. The van der Waals surface area contributed by atoms with Gasteiger partial charge in [0.15, 0.2) is 11.5 Å². The van der Waals surface area contributed by atoms with Crippen LogP contribution in [-0.4, -0.2) is 13.7 Å². The largest absolute Gasteiger partial charge is 0.493 e. The number of benzene rings is 1. The molecule has 1 saturated carbocycles. The van der Waals surface area contributed by atoms with Crippen molar-refractivity contribution in [1.29, 1.82) is 0 Å². The molecule has 0 radical (unpaired) electrons. The zero-order valence-corrected chi connectivity index (χ0v) is 8.32. The molecule has 1 aliphatic rings. The monoisotopic (exact) mass is 193 g/mol. The van der Waals surface area contributed by atoms with E-state index in [1.165, 1.54) is 12.8 Å². The molecule has 0 saturated heterocycles. The molecule has 0 heterocycles. The molecule has 76 valence electrons. The highest BCUT2D eigenvalue weighted by Crippen LogP contribution is 2.33. The van der Waals surface area contributed by atoms with Crippen LogP contribution in [-0.2, 0) is 0 Å². The Bertz CT molecular complexity index is 321. The van der Waals surface area contributed by atoms with Crippen LogP contribution in [0.3, 0.4) is 0 Å². The minimum Gasteiger partial charge on any atom is -0.493 e. The zero-order chi connectivity index (χ0) is 9.97. The van der Waals surface area contributed by atoms with E-state index in [2.05, 4.69) is 0 Å². The van der Waals surface area contributed by atoms with Crippen molar-refractivity contribution in [1.82, 2.24) is 0 Å². The summed E-state index contributed by atoms with van der Waals surface area (Å²) in [6, 6.07) is 5.46. The predicted octanol–water partition coefficient (Wildman–Crippen LogP) is 2.07. The number of nitrogen functional groups attached to an aromatic ring is 1. The summed E-state index contributed by atoms with van der Waals surface area (Å²) in [5.74, 6) is 2.25. The Labute approximate surface area is 83.8 Å². The first-order valence-electron chi connectivity index (χ1n) is 4.86. The Morgan fingerprint density at radius 1 is 1.36 bits per heavy atom. The fraction of sp³-hybridized carbons (Fsp3) is 0.455. The summed E-state index contributed by atoms with van der Waals surface area (Å²) in [5.41, 5.74) is 6.33. The van der Waals surface area contributed by atoms with Crippen LogP contribution in [0.1, 0.15) is 12.8 Å². The van der Waals surface area contributed by atoms with Crippen LogP contribution in [0.15, 0.2) is 18.2 Å². The van der Waals surface area contributed by atoms with Crippen molar-refractivity contribution in [3.63, 3.8) is 0 Å². The van der Waals surface area contributed by atoms with Gasteiger partial charge in [0.2, 0.25) is 0 Å². The normalized spacial score (nSPS) is 15.2. The van der Waals surface area contributed by atoms with Gasteiger partial charge in [0.1, 0.15) is 0 Å². The van der Waals surface area contributed by atoms with Gasteiger partial charge in [-0.15, -0.1) is 0 Å². The van der Waals surface area contributed by atoms with Gasteiger partial charge in [-0.05, 0) is 30.9 Å². The first-order chi connectivity index (χ1) is 6.79. The van der Waals surface area contributed by atoms with Crippen molar-refractivity contribution < 1.29 is 9.47 Å². The fourth-order valence-corrected chi connectivity index (χ4v) is 1.30. The minimum atomic E-state index is 0.695. The second kappa shape index (κ2) is 3.78. The van der Waals surface area contributed by atoms with Gasteiger partial charge < -0.3 is 15.2 Å². The van der Waals surface area contributed by atoms with Gasteiger partial charge in [-0.25, -0.2) is 0 Å². The third-order valence-corrected chi connectivity index (χ3v) is 2.36. The lowest BCUT2D eigenvalue weighted by Crippen LogP contribution is -2.01. The van der Waals surface area contributed by atoms with E-state index in [1.54, 1.807) is 13.2 Å². The molecule has 1 aromatic rings. The molecule has 1 aliphatic carbocycles. The van der Waals surface area contributed by atoms with E-state index >= 15 is 0 Å². The van der Waals surface area contributed by atoms with Gasteiger partial charge in [-0.3, -0.25) is 0 Å². The summed E-state index contributed by atoms with van der Waals surface area (Å²) in [4.78, 5) is 0. The second-order valence-corrected chi connectivity index (χ2v) is 3.66. The van der Waals surface area contributed by atoms with E-state index < -0.39 is 0 Å². The third kappa shape index (κ3) is 2.10. The molecule has 0 aromatic heterocycles. The molecule has 0 atom stereocenters. The fourth-order valence-electron chi connectivity index (χ4n) is 1.30. The van der Waals surface area contributed by atoms with Crippen molar-refractivity contribution in [2.45, 2.75) is 12.8 Å². The van der Waals surface area contributed by atoms with Crippen LogP contribution in [0, 0.1) is 5.92 Å². The highest BCUT2D eigenvalue weighted by atomic mass is 16.5. The summed E-state index contributed by atoms with van der Waals surface area (Å²) in [5, 5.41) is 0. The Hall–Kier alpha value is -1.38. The average Bonchev–Trinajstić information content (AvgIpc) is 2.99. The van der Waals surface area contributed by atoms with Gasteiger partial charge >= 0.3 is 0 Å². The van der Waals surface area contributed by atoms with Gasteiger partial charge in [0, 0.05) is 11.8 Å². The van der Waals surface area contributed by atoms with Crippen molar-refractivity contribution >= 4 is 5.69 Å². The molecule has 0 bridgehead atoms. The maximum Gasteiger partial charge on any atom is 0.162 e. The summed E-state index contributed by atoms with van der Waals surface area (Å²) >= 11 is 0. The number of hydrogen-bond donors (Lipinski definition) is 1. The molecule has 0 amide bonds. The van der Waals surface area contributed by atoms with Crippen LogP contribution in [0.5, 0.6) is 11.5 Å². The molecule has 3 nitrogen and oxygen atoms in total. The Balaban J connectivity index is 2.05. The zero-order valence-electron chi connectivity index (χ0n) is 8.32. The Morgan fingerprint density at radius 3 is 2.79 bits per heavy atom. The maximum absolute atomic E-state index is 5.64. The van der Waals surface area contributed by atoms with Crippen LogP contribution >= 0.6 is 0 Å².